The fourth-order valence-corrected chi connectivity index (χ4v) is 6.44. The zero-order chi connectivity index (χ0) is 22.3. The molecule has 0 radical (unpaired) electrons. The zero-order valence-corrected chi connectivity index (χ0v) is 19.3. The lowest BCUT2D eigenvalue weighted by molar-refractivity contribution is 0.104. The lowest BCUT2D eigenvalue weighted by atomic mass is 9.94. The summed E-state index contributed by atoms with van der Waals surface area (Å²) >= 11 is 2.72. The molecule has 5 nitrogen and oxygen atoms in total. The molecule has 0 N–H and O–H groups in total. The predicted molar refractivity (Wildman–Crippen MR) is 129 cm³/mol. The number of aryl methyl sites for hydroxylation is 1. The number of nitrogens with zero attached hydrogens (tertiary/aromatic N) is 2. The number of carbonyl (C=O) groups excluding carboxylic acids is 1. The number of thiazole rings is 1. The number of carbonyl (C=O) groups is 1. The summed E-state index contributed by atoms with van der Waals surface area (Å²) in [6.45, 7) is 1.89. The first-order valence-electron chi connectivity index (χ1n) is 9.71. The number of aromatic nitrogens is 1. The molecule has 8 heteroatoms. The summed E-state index contributed by atoms with van der Waals surface area (Å²) in [4.78, 5) is 18.2. The number of rotatable bonds is 4. The predicted octanol–water partition coefficient (Wildman–Crippen LogP) is 5.66. The van der Waals surface area contributed by atoms with E-state index in [0.29, 0.717) is 20.4 Å². The van der Waals surface area contributed by atoms with Crippen molar-refractivity contribution in [2.45, 2.75) is 16.2 Å². The molecule has 1 heterocycles. The first kappa shape index (κ1) is 20.8. The van der Waals surface area contributed by atoms with Crippen LogP contribution in [0.5, 0.6) is 0 Å². The summed E-state index contributed by atoms with van der Waals surface area (Å²) in [7, 11) is -3.94. The maximum absolute atomic E-state index is 13.1. The van der Waals surface area contributed by atoms with E-state index in [2.05, 4.69) is 9.38 Å². The molecule has 3 aromatic carbocycles. The van der Waals surface area contributed by atoms with Crippen LogP contribution in [0.25, 0.3) is 10.2 Å². The van der Waals surface area contributed by atoms with Crippen LogP contribution >= 0.6 is 23.1 Å². The zero-order valence-electron chi connectivity index (χ0n) is 16.8. The molecule has 158 valence electrons. The SMILES string of the molecule is Cc1ccc(S(=O)(=O)/N=C2/C=C(Sc3nc4ccccc4s3)C(=O)c3ccccc32)cc1. The second kappa shape index (κ2) is 8.12. The van der Waals surface area contributed by atoms with Gasteiger partial charge in [-0.05, 0) is 37.3 Å². The van der Waals surface area contributed by atoms with Crippen molar-refractivity contribution in [1.29, 1.82) is 0 Å². The molecule has 0 amide bonds. The lowest BCUT2D eigenvalue weighted by Crippen LogP contribution is -2.17. The Bertz CT molecular complexity index is 1500. The molecule has 32 heavy (non-hydrogen) atoms. The molecule has 0 atom stereocenters. The number of sulfonamides is 1. The number of thioether (sulfide) groups is 1. The van der Waals surface area contributed by atoms with E-state index in [0.717, 1.165) is 15.8 Å². The van der Waals surface area contributed by atoms with Gasteiger partial charge in [-0.3, -0.25) is 4.79 Å². The Morgan fingerprint density at radius 1 is 0.906 bits per heavy atom. The van der Waals surface area contributed by atoms with Crippen molar-refractivity contribution in [1.82, 2.24) is 4.98 Å². The molecular weight excluding hydrogens is 460 g/mol. The quantitative estimate of drug-likeness (QED) is 0.380. The van der Waals surface area contributed by atoms with E-state index in [4.69, 9.17) is 0 Å². The van der Waals surface area contributed by atoms with Gasteiger partial charge >= 0.3 is 0 Å². The molecule has 1 aromatic heterocycles. The van der Waals surface area contributed by atoms with Gasteiger partial charge in [-0.25, -0.2) is 4.98 Å². The number of ketones is 1. The summed E-state index contributed by atoms with van der Waals surface area (Å²) in [6, 6.07) is 21.2. The molecule has 0 saturated carbocycles. The van der Waals surface area contributed by atoms with E-state index in [-0.39, 0.29) is 16.4 Å². The molecule has 5 rings (SSSR count). The van der Waals surface area contributed by atoms with Crippen LogP contribution in [0.4, 0.5) is 0 Å². The summed E-state index contributed by atoms with van der Waals surface area (Å²) < 4.78 is 31.8. The monoisotopic (exact) mass is 476 g/mol. The van der Waals surface area contributed by atoms with Crippen molar-refractivity contribution in [2.75, 3.05) is 0 Å². The van der Waals surface area contributed by atoms with Crippen LogP contribution < -0.4 is 0 Å². The number of benzene rings is 3. The second-order valence-electron chi connectivity index (χ2n) is 7.20. The highest BCUT2D eigenvalue weighted by molar-refractivity contribution is 8.05. The molecule has 0 aliphatic heterocycles. The van der Waals surface area contributed by atoms with Crippen molar-refractivity contribution in [3.05, 3.63) is 100 Å². The van der Waals surface area contributed by atoms with Gasteiger partial charge in [0.15, 0.2) is 4.34 Å². The van der Waals surface area contributed by atoms with Crippen molar-refractivity contribution in [3.8, 4) is 0 Å². The molecule has 0 saturated heterocycles. The Morgan fingerprint density at radius 2 is 1.59 bits per heavy atom. The van der Waals surface area contributed by atoms with E-state index in [1.54, 1.807) is 42.5 Å². The number of hydrogen-bond acceptors (Lipinski definition) is 6. The number of allylic oxidation sites excluding steroid dienone is 2. The van der Waals surface area contributed by atoms with Crippen LogP contribution in [0, 0.1) is 6.92 Å². The summed E-state index contributed by atoms with van der Waals surface area (Å²) in [5, 5.41) is 0. The summed E-state index contributed by atoms with van der Waals surface area (Å²) in [6.07, 6.45) is 1.55. The minimum absolute atomic E-state index is 0.110. The van der Waals surface area contributed by atoms with Crippen LogP contribution in [-0.2, 0) is 10.0 Å². The third kappa shape index (κ3) is 3.92. The lowest BCUT2D eigenvalue weighted by Gasteiger charge is -2.16. The third-order valence-electron chi connectivity index (χ3n) is 4.95. The summed E-state index contributed by atoms with van der Waals surface area (Å²) in [5.41, 5.74) is 2.99. The molecule has 0 spiro atoms. The van der Waals surface area contributed by atoms with Crippen molar-refractivity contribution < 1.29 is 13.2 Å². The van der Waals surface area contributed by atoms with Crippen molar-refractivity contribution in [3.63, 3.8) is 0 Å². The Balaban J connectivity index is 1.59. The highest BCUT2D eigenvalue weighted by Crippen LogP contribution is 2.37. The minimum Gasteiger partial charge on any atom is -0.288 e. The average Bonchev–Trinajstić information content (AvgIpc) is 3.19. The smallest absolute Gasteiger partial charge is 0.282 e. The van der Waals surface area contributed by atoms with E-state index >= 15 is 0 Å². The van der Waals surface area contributed by atoms with Gasteiger partial charge < -0.3 is 0 Å². The van der Waals surface area contributed by atoms with Gasteiger partial charge in [0, 0.05) is 11.1 Å². The fraction of sp³-hybridized carbons (Fsp3) is 0.0417. The Kier molecular flexibility index (Phi) is 5.28. The molecule has 1 aliphatic carbocycles. The summed E-state index contributed by atoms with van der Waals surface area (Å²) in [5.74, 6) is -0.170. The first-order chi connectivity index (χ1) is 15.4. The largest absolute Gasteiger partial charge is 0.288 e. The van der Waals surface area contributed by atoms with Crippen LogP contribution in [-0.4, -0.2) is 24.9 Å². The van der Waals surface area contributed by atoms with E-state index in [1.807, 2.05) is 31.2 Å². The normalized spacial score (nSPS) is 15.1. The number of para-hydroxylation sites is 1. The van der Waals surface area contributed by atoms with Gasteiger partial charge in [0.1, 0.15) is 0 Å². The highest BCUT2D eigenvalue weighted by Gasteiger charge is 2.27. The van der Waals surface area contributed by atoms with Gasteiger partial charge in [-0.1, -0.05) is 65.9 Å². The van der Waals surface area contributed by atoms with Gasteiger partial charge in [0.05, 0.1) is 25.7 Å². The van der Waals surface area contributed by atoms with Crippen LogP contribution in [0.1, 0.15) is 21.5 Å². The van der Waals surface area contributed by atoms with E-state index < -0.39 is 10.0 Å². The Hall–Kier alpha value is -3.07. The highest BCUT2D eigenvalue weighted by atomic mass is 32.2. The fourth-order valence-electron chi connectivity index (χ4n) is 3.34. The molecule has 4 aromatic rings. The Labute approximate surface area is 193 Å². The van der Waals surface area contributed by atoms with Gasteiger partial charge in [-0.15, -0.1) is 11.3 Å². The maximum Gasteiger partial charge on any atom is 0.282 e. The van der Waals surface area contributed by atoms with Gasteiger partial charge in [0.2, 0.25) is 5.78 Å². The maximum atomic E-state index is 13.1. The second-order valence-corrected chi connectivity index (χ2v) is 11.1. The molecule has 0 fully saturated rings. The number of fused-ring (bicyclic) bond motifs is 2. The van der Waals surface area contributed by atoms with Gasteiger partial charge in [-0.2, -0.15) is 12.8 Å². The van der Waals surface area contributed by atoms with E-state index in [1.165, 1.54) is 35.2 Å². The number of hydrogen-bond donors (Lipinski definition) is 0. The minimum atomic E-state index is -3.94. The number of Topliss-reactive ketones (excluding diaryl/α,β-unsaturated/α-hetero) is 1. The van der Waals surface area contributed by atoms with Crippen molar-refractivity contribution in [2.24, 2.45) is 4.40 Å². The Morgan fingerprint density at radius 3 is 2.34 bits per heavy atom. The topological polar surface area (TPSA) is 76.5 Å². The molecule has 0 unspecified atom stereocenters. The molecule has 1 aliphatic rings. The third-order valence-corrected chi connectivity index (χ3v) is 8.37. The standard InChI is InChI=1S/C24H16N2O3S3/c1-15-10-12-16(13-11-15)32(28,29)26-20-14-22(23(27)18-7-3-2-6-17(18)20)31-24-25-19-8-4-5-9-21(19)30-24/h2-14H,1H3/b26-20-. The van der Waals surface area contributed by atoms with E-state index in [9.17, 15) is 13.2 Å². The molecular formula is C24H16N2O3S3. The van der Waals surface area contributed by atoms with Crippen LogP contribution in [0.3, 0.4) is 0 Å². The molecule has 0 bridgehead atoms. The first-order valence-corrected chi connectivity index (χ1v) is 12.8. The van der Waals surface area contributed by atoms with Crippen molar-refractivity contribution >= 4 is 54.8 Å². The average molecular weight is 477 g/mol. The van der Waals surface area contributed by atoms with Crippen LogP contribution in [0.2, 0.25) is 0 Å². The van der Waals surface area contributed by atoms with Gasteiger partial charge in [0.25, 0.3) is 10.0 Å². The van der Waals surface area contributed by atoms with Crippen LogP contribution in [0.15, 0.2) is 97.4 Å².